The van der Waals surface area contributed by atoms with E-state index in [4.69, 9.17) is 12.2 Å². The maximum atomic E-state index is 11.1. The van der Waals surface area contributed by atoms with E-state index in [0.29, 0.717) is 16.2 Å². The lowest BCUT2D eigenvalue weighted by atomic mass is 10.1. The van der Waals surface area contributed by atoms with E-state index in [1.165, 1.54) is 17.0 Å². The summed E-state index contributed by atoms with van der Waals surface area (Å²) < 4.78 is 1.75. The van der Waals surface area contributed by atoms with Gasteiger partial charge >= 0.3 is 0 Å². The Hall–Kier alpha value is -3.13. The van der Waals surface area contributed by atoms with Crippen LogP contribution in [0, 0.1) is 21.8 Å². The van der Waals surface area contributed by atoms with Gasteiger partial charge in [-0.1, -0.05) is 35.9 Å². The number of benzene rings is 2. The van der Waals surface area contributed by atoms with Gasteiger partial charge < -0.3 is 0 Å². The summed E-state index contributed by atoms with van der Waals surface area (Å²) in [5.41, 5.74) is 2.30. The topological polar surface area (TPSA) is 89.1 Å². The number of aromatic nitrogens is 3. The standard InChI is InChI=1S/C16H13N5O2S/c1-11-5-4-7-12(9-11)15-18-19-16(24)20(15)17-10-13-6-2-3-8-14(13)21(22)23/h2-10H,1H3,(H,19,24). The van der Waals surface area contributed by atoms with Crippen LogP contribution in [0.2, 0.25) is 0 Å². The molecule has 0 aliphatic heterocycles. The van der Waals surface area contributed by atoms with E-state index in [2.05, 4.69) is 15.3 Å². The van der Waals surface area contributed by atoms with Crippen LogP contribution in [0.4, 0.5) is 5.69 Å². The minimum Gasteiger partial charge on any atom is -0.258 e. The quantitative estimate of drug-likeness (QED) is 0.340. The third-order valence-corrected chi connectivity index (χ3v) is 3.64. The van der Waals surface area contributed by atoms with Crippen molar-refractivity contribution in [3.63, 3.8) is 0 Å². The summed E-state index contributed by atoms with van der Waals surface area (Å²) in [5.74, 6) is 0.540. The Kier molecular flexibility index (Phi) is 4.30. The molecule has 0 saturated carbocycles. The third-order valence-electron chi connectivity index (χ3n) is 3.37. The van der Waals surface area contributed by atoms with Crippen molar-refractivity contribution < 1.29 is 4.92 Å². The van der Waals surface area contributed by atoms with Crippen LogP contribution < -0.4 is 0 Å². The lowest BCUT2D eigenvalue weighted by Crippen LogP contribution is -1.98. The molecule has 0 aliphatic rings. The molecule has 0 amide bonds. The van der Waals surface area contributed by atoms with Crippen LogP contribution in [0.1, 0.15) is 11.1 Å². The average Bonchev–Trinajstić information content (AvgIpc) is 2.94. The first kappa shape index (κ1) is 15.8. The van der Waals surface area contributed by atoms with Crippen molar-refractivity contribution in [2.45, 2.75) is 6.92 Å². The van der Waals surface area contributed by atoms with Crippen LogP contribution in [0.3, 0.4) is 0 Å². The van der Waals surface area contributed by atoms with Crippen LogP contribution in [-0.4, -0.2) is 26.0 Å². The van der Waals surface area contributed by atoms with Gasteiger partial charge in [-0.15, -0.1) is 0 Å². The Bertz CT molecular complexity index is 990. The van der Waals surface area contributed by atoms with Gasteiger partial charge in [0, 0.05) is 11.6 Å². The van der Waals surface area contributed by atoms with Crippen LogP contribution in [0.25, 0.3) is 11.4 Å². The number of rotatable bonds is 4. The van der Waals surface area contributed by atoms with Gasteiger partial charge in [-0.05, 0) is 31.3 Å². The molecule has 0 saturated heterocycles. The Morgan fingerprint density at radius 3 is 2.83 bits per heavy atom. The maximum Gasteiger partial charge on any atom is 0.278 e. The molecule has 8 heteroatoms. The summed E-state index contributed by atoms with van der Waals surface area (Å²) >= 11 is 5.20. The number of para-hydroxylation sites is 1. The molecule has 120 valence electrons. The fourth-order valence-electron chi connectivity index (χ4n) is 2.25. The Balaban J connectivity index is 2.05. The van der Waals surface area contributed by atoms with Crippen molar-refractivity contribution >= 4 is 24.1 Å². The van der Waals surface area contributed by atoms with E-state index >= 15 is 0 Å². The Morgan fingerprint density at radius 2 is 2.08 bits per heavy atom. The number of nitro benzene ring substituents is 1. The van der Waals surface area contributed by atoms with Crippen molar-refractivity contribution in [3.8, 4) is 11.4 Å². The summed E-state index contributed by atoms with van der Waals surface area (Å²) in [6.07, 6.45) is 1.41. The second kappa shape index (κ2) is 6.55. The zero-order chi connectivity index (χ0) is 17.1. The highest BCUT2D eigenvalue weighted by atomic mass is 32.1. The summed E-state index contributed by atoms with van der Waals surface area (Å²) in [7, 11) is 0. The van der Waals surface area contributed by atoms with Gasteiger partial charge in [0.25, 0.3) is 5.69 Å². The van der Waals surface area contributed by atoms with Crippen LogP contribution >= 0.6 is 12.2 Å². The number of H-pyrrole nitrogens is 1. The van der Waals surface area contributed by atoms with Crippen molar-refractivity contribution in [1.29, 1.82) is 0 Å². The molecule has 2 aromatic carbocycles. The number of aromatic amines is 1. The molecule has 0 bridgehead atoms. The van der Waals surface area contributed by atoms with Gasteiger partial charge in [0.1, 0.15) is 0 Å². The second-order valence-electron chi connectivity index (χ2n) is 5.09. The van der Waals surface area contributed by atoms with Gasteiger partial charge in [0.05, 0.1) is 16.7 Å². The van der Waals surface area contributed by atoms with E-state index in [1.54, 1.807) is 18.2 Å². The monoisotopic (exact) mass is 339 g/mol. The fourth-order valence-corrected chi connectivity index (χ4v) is 2.43. The molecule has 0 spiro atoms. The smallest absolute Gasteiger partial charge is 0.258 e. The zero-order valence-electron chi connectivity index (χ0n) is 12.7. The van der Waals surface area contributed by atoms with Crippen molar-refractivity contribution in [1.82, 2.24) is 14.9 Å². The minimum atomic E-state index is -0.447. The molecular weight excluding hydrogens is 326 g/mol. The Morgan fingerprint density at radius 1 is 1.29 bits per heavy atom. The molecular formula is C16H13N5O2S. The number of hydrogen-bond acceptors (Lipinski definition) is 5. The molecule has 7 nitrogen and oxygen atoms in total. The molecule has 3 rings (SSSR count). The van der Waals surface area contributed by atoms with Gasteiger partial charge in [0.15, 0.2) is 5.82 Å². The van der Waals surface area contributed by atoms with E-state index in [1.807, 2.05) is 31.2 Å². The average molecular weight is 339 g/mol. The minimum absolute atomic E-state index is 0.0200. The molecule has 1 heterocycles. The van der Waals surface area contributed by atoms with Gasteiger partial charge in [-0.25, -0.2) is 5.10 Å². The molecule has 0 fully saturated rings. The number of nitrogens with one attached hydrogen (secondary N) is 1. The van der Waals surface area contributed by atoms with Crippen LogP contribution in [0.15, 0.2) is 53.6 Å². The van der Waals surface area contributed by atoms with Gasteiger partial charge in [0.2, 0.25) is 4.77 Å². The highest BCUT2D eigenvalue weighted by molar-refractivity contribution is 7.71. The SMILES string of the molecule is Cc1cccc(-c2n[nH]c(=S)n2N=Cc2ccccc2[N+](=O)[O-])c1. The zero-order valence-corrected chi connectivity index (χ0v) is 13.5. The largest absolute Gasteiger partial charge is 0.278 e. The van der Waals surface area contributed by atoms with E-state index in [9.17, 15) is 10.1 Å². The highest BCUT2D eigenvalue weighted by Gasteiger charge is 2.12. The van der Waals surface area contributed by atoms with Crippen LogP contribution in [0.5, 0.6) is 0 Å². The molecule has 0 atom stereocenters. The normalized spacial score (nSPS) is 11.0. The van der Waals surface area contributed by atoms with Crippen molar-refractivity contribution in [2.24, 2.45) is 5.10 Å². The van der Waals surface area contributed by atoms with E-state index < -0.39 is 4.92 Å². The van der Waals surface area contributed by atoms with Gasteiger partial charge in [-0.2, -0.15) is 14.9 Å². The molecule has 0 unspecified atom stereocenters. The summed E-state index contributed by atoms with van der Waals surface area (Å²) in [6.45, 7) is 1.98. The van der Waals surface area contributed by atoms with E-state index in [0.717, 1.165) is 11.1 Å². The first-order valence-corrected chi connectivity index (χ1v) is 7.49. The van der Waals surface area contributed by atoms with Crippen LogP contribution in [-0.2, 0) is 0 Å². The van der Waals surface area contributed by atoms with Gasteiger partial charge in [-0.3, -0.25) is 10.1 Å². The fraction of sp³-hybridized carbons (Fsp3) is 0.0625. The Labute approximate surface area is 142 Å². The molecule has 0 aliphatic carbocycles. The second-order valence-corrected chi connectivity index (χ2v) is 5.48. The summed E-state index contributed by atoms with van der Waals surface area (Å²) in [5, 5.41) is 22.2. The first-order valence-electron chi connectivity index (χ1n) is 7.08. The predicted octanol–water partition coefficient (Wildman–Crippen LogP) is 3.71. The number of hydrogen-bond donors (Lipinski definition) is 1. The third kappa shape index (κ3) is 3.13. The molecule has 1 aromatic heterocycles. The van der Waals surface area contributed by atoms with Crippen molar-refractivity contribution in [3.05, 3.63) is 74.5 Å². The summed E-state index contributed by atoms with van der Waals surface area (Å²) in [6, 6.07) is 14.1. The van der Waals surface area contributed by atoms with E-state index in [-0.39, 0.29) is 5.69 Å². The molecule has 24 heavy (non-hydrogen) atoms. The summed E-state index contributed by atoms with van der Waals surface area (Å²) in [4.78, 5) is 10.6. The highest BCUT2D eigenvalue weighted by Crippen LogP contribution is 2.19. The lowest BCUT2D eigenvalue weighted by molar-refractivity contribution is -0.385. The number of nitrogens with zero attached hydrogens (tertiary/aromatic N) is 4. The molecule has 3 aromatic rings. The first-order chi connectivity index (χ1) is 11.6. The number of nitro groups is 1. The number of aryl methyl sites for hydroxylation is 1. The van der Waals surface area contributed by atoms with Crippen molar-refractivity contribution in [2.75, 3.05) is 0 Å². The lowest BCUT2D eigenvalue weighted by Gasteiger charge is -2.02. The predicted molar refractivity (Wildman–Crippen MR) is 93.7 cm³/mol. The molecule has 1 N–H and O–H groups in total. The maximum absolute atomic E-state index is 11.1. The molecule has 0 radical (unpaired) electrons.